The molecule has 0 spiro atoms. The third kappa shape index (κ3) is 2.89. The Morgan fingerprint density at radius 1 is 1.40 bits per heavy atom. The van der Waals surface area contributed by atoms with Crippen LogP contribution in [-0.2, 0) is 0 Å². The minimum atomic E-state index is -0.461. The lowest BCUT2D eigenvalue weighted by Gasteiger charge is -2.09. The normalized spacial score (nSPS) is 10.1. The van der Waals surface area contributed by atoms with Crippen LogP contribution in [0.4, 0.5) is 5.69 Å². The molecule has 0 aliphatic carbocycles. The lowest BCUT2D eigenvalue weighted by Crippen LogP contribution is -2.12. The average Bonchev–Trinajstić information content (AvgIpc) is 2.41. The van der Waals surface area contributed by atoms with Crippen molar-refractivity contribution in [2.75, 3.05) is 0 Å². The monoisotopic (exact) mass is 272 g/mol. The van der Waals surface area contributed by atoms with Gasteiger partial charge in [-0.2, -0.15) is 0 Å². The fourth-order valence-corrected chi connectivity index (χ4v) is 1.61. The minimum Gasteiger partial charge on any atom is -0.457 e. The van der Waals surface area contributed by atoms with Crippen molar-refractivity contribution < 1.29 is 9.66 Å². The number of non-ortho nitro benzene ring substituents is 1. The fraction of sp³-hybridized carbons (Fsp3) is 0.0769. The molecule has 0 aliphatic rings. The third-order valence-electron chi connectivity index (χ3n) is 2.60. The number of hydrogen-bond donors (Lipinski definition) is 2. The lowest BCUT2D eigenvalue weighted by atomic mass is 10.2. The van der Waals surface area contributed by atoms with E-state index in [-0.39, 0.29) is 11.5 Å². The summed E-state index contributed by atoms with van der Waals surface area (Å²) >= 11 is 0. The topological polar surface area (TPSA) is 115 Å². The first-order valence-corrected chi connectivity index (χ1v) is 5.70. The van der Waals surface area contributed by atoms with Gasteiger partial charge in [-0.25, -0.2) is 0 Å². The van der Waals surface area contributed by atoms with E-state index in [9.17, 15) is 10.1 Å². The van der Waals surface area contributed by atoms with E-state index in [1.165, 1.54) is 30.5 Å². The fourth-order valence-electron chi connectivity index (χ4n) is 1.61. The number of amidine groups is 1. The molecule has 0 amide bonds. The molecule has 0 saturated carbocycles. The molecule has 2 aromatic rings. The van der Waals surface area contributed by atoms with Crippen molar-refractivity contribution in [1.29, 1.82) is 5.41 Å². The number of pyridine rings is 1. The number of nitrogen functional groups attached to an aromatic ring is 1. The maximum absolute atomic E-state index is 10.7. The maximum Gasteiger partial charge on any atom is 0.269 e. The van der Waals surface area contributed by atoms with Crippen LogP contribution in [0.2, 0.25) is 0 Å². The summed E-state index contributed by atoms with van der Waals surface area (Å²) in [6.07, 6.45) is 1.48. The summed E-state index contributed by atoms with van der Waals surface area (Å²) in [6, 6.07) is 7.48. The Morgan fingerprint density at radius 3 is 2.75 bits per heavy atom. The molecule has 0 aliphatic heterocycles. The average molecular weight is 272 g/mol. The van der Waals surface area contributed by atoms with Crippen LogP contribution in [0.15, 0.2) is 36.5 Å². The molecule has 0 bridgehead atoms. The first-order valence-electron chi connectivity index (χ1n) is 5.70. The number of benzene rings is 1. The van der Waals surface area contributed by atoms with Crippen LogP contribution in [0.5, 0.6) is 11.5 Å². The van der Waals surface area contributed by atoms with Crippen LogP contribution < -0.4 is 10.5 Å². The van der Waals surface area contributed by atoms with E-state index >= 15 is 0 Å². The Bertz CT molecular complexity index is 685. The molecule has 7 heteroatoms. The van der Waals surface area contributed by atoms with Crippen molar-refractivity contribution in [3.63, 3.8) is 0 Å². The highest BCUT2D eigenvalue weighted by atomic mass is 16.6. The standard InChI is InChI=1S/C13H12N4O3/c1-8-6-9(17(18)19)2-3-12(8)20-10-4-5-16-11(7-10)13(14)15/h2-7H,1H3,(H3,14,15). The van der Waals surface area contributed by atoms with Crippen LogP contribution in [0.1, 0.15) is 11.3 Å². The molecular formula is C13H12N4O3. The van der Waals surface area contributed by atoms with Gasteiger partial charge in [0.1, 0.15) is 23.0 Å². The Morgan fingerprint density at radius 2 is 2.15 bits per heavy atom. The van der Waals surface area contributed by atoms with Crippen molar-refractivity contribution in [2.45, 2.75) is 6.92 Å². The van der Waals surface area contributed by atoms with Gasteiger partial charge in [-0.05, 0) is 24.6 Å². The largest absolute Gasteiger partial charge is 0.457 e. The highest BCUT2D eigenvalue weighted by Crippen LogP contribution is 2.28. The van der Waals surface area contributed by atoms with Gasteiger partial charge >= 0.3 is 0 Å². The van der Waals surface area contributed by atoms with E-state index in [0.29, 0.717) is 22.8 Å². The molecule has 20 heavy (non-hydrogen) atoms. The first-order chi connectivity index (χ1) is 9.47. The van der Waals surface area contributed by atoms with Gasteiger partial charge < -0.3 is 10.5 Å². The number of nitrogens with zero attached hydrogens (tertiary/aromatic N) is 2. The molecule has 1 heterocycles. The number of ether oxygens (including phenoxy) is 1. The van der Waals surface area contributed by atoms with Gasteiger partial charge in [0.15, 0.2) is 0 Å². The molecule has 7 nitrogen and oxygen atoms in total. The lowest BCUT2D eigenvalue weighted by molar-refractivity contribution is -0.384. The number of rotatable bonds is 4. The Kier molecular flexibility index (Phi) is 3.60. The molecular weight excluding hydrogens is 260 g/mol. The highest BCUT2D eigenvalue weighted by Gasteiger charge is 2.10. The molecule has 0 unspecified atom stereocenters. The summed E-state index contributed by atoms with van der Waals surface area (Å²) in [6.45, 7) is 1.72. The van der Waals surface area contributed by atoms with Gasteiger partial charge in [-0.1, -0.05) is 0 Å². The SMILES string of the molecule is Cc1cc([N+](=O)[O-])ccc1Oc1ccnc(C(=N)N)c1. The van der Waals surface area contributed by atoms with Crippen LogP contribution in [0, 0.1) is 22.4 Å². The van der Waals surface area contributed by atoms with E-state index in [1.807, 2.05) is 0 Å². The summed E-state index contributed by atoms with van der Waals surface area (Å²) < 4.78 is 5.62. The number of nitrogens with one attached hydrogen (secondary N) is 1. The summed E-state index contributed by atoms with van der Waals surface area (Å²) in [7, 11) is 0. The van der Waals surface area contributed by atoms with Gasteiger partial charge in [-0.15, -0.1) is 0 Å². The Labute approximate surface area is 114 Å². The van der Waals surface area contributed by atoms with Gasteiger partial charge in [0.25, 0.3) is 5.69 Å². The van der Waals surface area contributed by atoms with E-state index in [4.69, 9.17) is 15.9 Å². The Hall–Kier alpha value is -2.96. The van der Waals surface area contributed by atoms with Crippen LogP contribution >= 0.6 is 0 Å². The molecule has 102 valence electrons. The smallest absolute Gasteiger partial charge is 0.269 e. The van der Waals surface area contributed by atoms with Crippen molar-refractivity contribution >= 4 is 11.5 Å². The second-order valence-electron chi connectivity index (χ2n) is 4.10. The quantitative estimate of drug-likeness (QED) is 0.383. The number of nitrogens with two attached hydrogens (primary N) is 1. The number of aryl methyl sites for hydroxylation is 1. The van der Waals surface area contributed by atoms with Gasteiger partial charge in [0, 0.05) is 24.4 Å². The second-order valence-corrected chi connectivity index (χ2v) is 4.10. The summed E-state index contributed by atoms with van der Waals surface area (Å²) in [4.78, 5) is 14.1. The van der Waals surface area contributed by atoms with E-state index in [0.717, 1.165) is 0 Å². The van der Waals surface area contributed by atoms with Crippen LogP contribution in [-0.4, -0.2) is 15.7 Å². The molecule has 3 N–H and O–H groups in total. The Balaban J connectivity index is 2.28. The first kappa shape index (κ1) is 13.5. The van der Waals surface area contributed by atoms with Gasteiger partial charge in [0.05, 0.1) is 4.92 Å². The number of aromatic nitrogens is 1. The molecule has 0 fully saturated rings. The second kappa shape index (κ2) is 5.35. The molecule has 0 atom stereocenters. The van der Waals surface area contributed by atoms with E-state index in [1.54, 1.807) is 13.0 Å². The summed E-state index contributed by atoms with van der Waals surface area (Å²) in [5, 5.41) is 18.0. The third-order valence-corrected chi connectivity index (χ3v) is 2.60. The van der Waals surface area contributed by atoms with Crippen LogP contribution in [0.25, 0.3) is 0 Å². The maximum atomic E-state index is 10.7. The predicted octanol–water partition coefficient (Wildman–Crippen LogP) is 2.37. The van der Waals surface area contributed by atoms with E-state index < -0.39 is 4.92 Å². The van der Waals surface area contributed by atoms with Crippen molar-refractivity contribution in [3.8, 4) is 11.5 Å². The predicted molar refractivity (Wildman–Crippen MR) is 73.2 cm³/mol. The molecule has 1 aromatic carbocycles. The zero-order valence-electron chi connectivity index (χ0n) is 10.7. The zero-order valence-corrected chi connectivity index (χ0v) is 10.7. The van der Waals surface area contributed by atoms with Crippen LogP contribution in [0.3, 0.4) is 0 Å². The van der Waals surface area contributed by atoms with Crippen molar-refractivity contribution in [2.24, 2.45) is 5.73 Å². The number of nitro benzene ring substituents is 1. The number of hydrogen-bond acceptors (Lipinski definition) is 5. The highest BCUT2D eigenvalue weighted by molar-refractivity contribution is 5.93. The van der Waals surface area contributed by atoms with Crippen molar-refractivity contribution in [3.05, 3.63) is 57.9 Å². The number of nitro groups is 1. The molecule has 2 rings (SSSR count). The zero-order chi connectivity index (χ0) is 14.7. The minimum absolute atomic E-state index is 0.00834. The van der Waals surface area contributed by atoms with Gasteiger partial charge in [-0.3, -0.25) is 20.5 Å². The van der Waals surface area contributed by atoms with Crippen molar-refractivity contribution in [1.82, 2.24) is 4.98 Å². The molecule has 0 radical (unpaired) electrons. The van der Waals surface area contributed by atoms with E-state index in [2.05, 4.69) is 4.98 Å². The summed E-state index contributed by atoms with van der Waals surface area (Å²) in [5.74, 6) is 0.800. The molecule has 0 saturated heterocycles. The van der Waals surface area contributed by atoms with Gasteiger partial charge in [0.2, 0.25) is 0 Å². The molecule has 1 aromatic heterocycles. The summed E-state index contributed by atoms with van der Waals surface area (Å²) in [5.41, 5.74) is 6.30.